The number of furan rings is 1. The molecule has 0 N–H and O–H groups in total. The molecule has 0 aliphatic rings. The van der Waals surface area contributed by atoms with E-state index in [1.165, 1.54) is 12.5 Å². The third kappa shape index (κ3) is 2.47. The fraction of sp³-hybridized carbons (Fsp3) is 0.267. The zero-order valence-electron chi connectivity index (χ0n) is 10.4. The van der Waals surface area contributed by atoms with Gasteiger partial charge in [-0.15, -0.1) is 0 Å². The van der Waals surface area contributed by atoms with Gasteiger partial charge in [-0.1, -0.05) is 32.0 Å². The van der Waals surface area contributed by atoms with Crippen LogP contribution < -0.4 is 0 Å². The Morgan fingerprint density at radius 1 is 1.18 bits per heavy atom. The van der Waals surface area contributed by atoms with Gasteiger partial charge in [0, 0.05) is 12.5 Å². The molecule has 0 bridgehead atoms. The number of ketones is 1. The van der Waals surface area contributed by atoms with Crippen LogP contribution in [0.15, 0.2) is 40.8 Å². The first-order valence-corrected chi connectivity index (χ1v) is 5.79. The summed E-state index contributed by atoms with van der Waals surface area (Å²) in [5.41, 5.74) is 2.28. The molecule has 2 heteroatoms. The molecule has 2 aromatic rings. The van der Waals surface area contributed by atoms with E-state index in [9.17, 15) is 4.79 Å². The van der Waals surface area contributed by atoms with Crippen LogP contribution in [0.5, 0.6) is 0 Å². The fourth-order valence-electron chi connectivity index (χ4n) is 1.73. The standard InChI is InChI=1S/C15H16O2/c1-10(2)12-5-4-6-13(9-12)15-8-7-14(17-15)11(3)16/h4-10H,1-3H3. The Hall–Kier alpha value is -1.83. The van der Waals surface area contributed by atoms with Crippen molar-refractivity contribution in [2.45, 2.75) is 26.7 Å². The first kappa shape index (κ1) is 11.6. The van der Waals surface area contributed by atoms with E-state index < -0.39 is 0 Å². The summed E-state index contributed by atoms with van der Waals surface area (Å²) in [6.07, 6.45) is 0. The highest BCUT2D eigenvalue weighted by molar-refractivity contribution is 5.91. The molecular weight excluding hydrogens is 212 g/mol. The molecule has 0 aliphatic heterocycles. The number of carbonyl (C=O) groups is 1. The maximum Gasteiger partial charge on any atom is 0.194 e. The molecule has 0 atom stereocenters. The molecule has 0 spiro atoms. The molecule has 0 saturated carbocycles. The van der Waals surface area contributed by atoms with Gasteiger partial charge in [-0.3, -0.25) is 4.79 Å². The number of rotatable bonds is 3. The van der Waals surface area contributed by atoms with E-state index in [1.54, 1.807) is 6.07 Å². The van der Waals surface area contributed by atoms with Gasteiger partial charge in [-0.25, -0.2) is 0 Å². The first-order chi connectivity index (χ1) is 8.08. The van der Waals surface area contributed by atoms with Gasteiger partial charge in [0.05, 0.1) is 0 Å². The number of Topliss-reactive ketones (excluding diaryl/α,β-unsaturated/α-hetero) is 1. The van der Waals surface area contributed by atoms with E-state index in [0.29, 0.717) is 11.7 Å². The Morgan fingerprint density at radius 2 is 1.94 bits per heavy atom. The van der Waals surface area contributed by atoms with E-state index in [2.05, 4.69) is 26.0 Å². The molecule has 1 heterocycles. The molecule has 0 saturated heterocycles. The first-order valence-electron chi connectivity index (χ1n) is 5.79. The predicted octanol–water partition coefficient (Wildman–Crippen LogP) is 4.27. The minimum Gasteiger partial charge on any atom is -0.453 e. The molecule has 2 rings (SSSR count). The highest BCUT2D eigenvalue weighted by Gasteiger charge is 2.09. The molecule has 0 radical (unpaired) electrons. The summed E-state index contributed by atoms with van der Waals surface area (Å²) in [5.74, 6) is 1.60. The minimum atomic E-state index is -0.0451. The van der Waals surface area contributed by atoms with Gasteiger partial charge in [0.2, 0.25) is 0 Å². The monoisotopic (exact) mass is 228 g/mol. The van der Waals surface area contributed by atoms with E-state index in [0.717, 1.165) is 11.3 Å². The Kier molecular flexibility index (Phi) is 3.14. The Balaban J connectivity index is 2.38. The number of hydrogen-bond donors (Lipinski definition) is 0. The van der Waals surface area contributed by atoms with Crippen molar-refractivity contribution in [2.75, 3.05) is 0 Å². The molecule has 17 heavy (non-hydrogen) atoms. The van der Waals surface area contributed by atoms with Gasteiger partial charge < -0.3 is 4.42 Å². The second-order valence-corrected chi connectivity index (χ2v) is 4.50. The van der Waals surface area contributed by atoms with Gasteiger partial charge in [0.15, 0.2) is 11.5 Å². The van der Waals surface area contributed by atoms with E-state index in [-0.39, 0.29) is 5.78 Å². The third-order valence-corrected chi connectivity index (χ3v) is 2.79. The van der Waals surface area contributed by atoms with Crippen molar-refractivity contribution in [2.24, 2.45) is 0 Å². The van der Waals surface area contributed by atoms with Crippen LogP contribution in [0.3, 0.4) is 0 Å². The molecule has 1 aromatic carbocycles. The van der Waals surface area contributed by atoms with Gasteiger partial charge in [0.1, 0.15) is 5.76 Å². The zero-order chi connectivity index (χ0) is 12.4. The minimum absolute atomic E-state index is 0.0451. The number of hydrogen-bond acceptors (Lipinski definition) is 2. The highest BCUT2D eigenvalue weighted by atomic mass is 16.3. The summed E-state index contributed by atoms with van der Waals surface area (Å²) in [5, 5.41) is 0. The quantitative estimate of drug-likeness (QED) is 0.734. The van der Waals surface area contributed by atoms with Gasteiger partial charge in [0.25, 0.3) is 0 Å². The van der Waals surface area contributed by atoms with Crippen LogP contribution in [0.4, 0.5) is 0 Å². The highest BCUT2D eigenvalue weighted by Crippen LogP contribution is 2.25. The topological polar surface area (TPSA) is 30.2 Å². The molecule has 0 unspecified atom stereocenters. The third-order valence-electron chi connectivity index (χ3n) is 2.79. The lowest BCUT2D eigenvalue weighted by atomic mass is 10.0. The van der Waals surface area contributed by atoms with Crippen molar-refractivity contribution in [3.8, 4) is 11.3 Å². The summed E-state index contributed by atoms with van der Waals surface area (Å²) in [7, 11) is 0. The van der Waals surface area contributed by atoms with Crippen LogP contribution >= 0.6 is 0 Å². The second-order valence-electron chi connectivity index (χ2n) is 4.50. The van der Waals surface area contributed by atoms with E-state index in [1.807, 2.05) is 18.2 Å². The zero-order valence-corrected chi connectivity index (χ0v) is 10.4. The molecular formula is C15H16O2. The van der Waals surface area contributed by atoms with E-state index >= 15 is 0 Å². The van der Waals surface area contributed by atoms with Crippen LogP contribution in [0, 0.1) is 0 Å². The normalized spacial score (nSPS) is 10.8. The molecule has 0 amide bonds. The van der Waals surface area contributed by atoms with Crippen LogP contribution in [-0.4, -0.2) is 5.78 Å². The van der Waals surface area contributed by atoms with Crippen molar-refractivity contribution in [3.05, 3.63) is 47.7 Å². The van der Waals surface area contributed by atoms with Crippen molar-refractivity contribution in [1.29, 1.82) is 0 Å². The summed E-state index contributed by atoms with van der Waals surface area (Å²) < 4.78 is 5.52. The maximum atomic E-state index is 11.2. The molecule has 0 fully saturated rings. The Morgan fingerprint density at radius 3 is 2.53 bits per heavy atom. The molecule has 0 aliphatic carbocycles. The second kappa shape index (κ2) is 4.58. The average Bonchev–Trinajstić information content (AvgIpc) is 2.78. The number of carbonyl (C=O) groups excluding carboxylic acids is 1. The number of benzene rings is 1. The maximum absolute atomic E-state index is 11.2. The van der Waals surface area contributed by atoms with Crippen molar-refractivity contribution in [1.82, 2.24) is 0 Å². The molecule has 88 valence electrons. The van der Waals surface area contributed by atoms with Crippen molar-refractivity contribution < 1.29 is 9.21 Å². The fourth-order valence-corrected chi connectivity index (χ4v) is 1.73. The smallest absolute Gasteiger partial charge is 0.194 e. The lowest BCUT2D eigenvalue weighted by Gasteiger charge is -2.06. The SMILES string of the molecule is CC(=O)c1ccc(-c2cccc(C(C)C)c2)o1. The summed E-state index contributed by atoms with van der Waals surface area (Å²) in [6, 6.07) is 11.8. The molecule has 2 nitrogen and oxygen atoms in total. The summed E-state index contributed by atoms with van der Waals surface area (Å²) >= 11 is 0. The Labute approximate surface area is 101 Å². The van der Waals surface area contributed by atoms with Crippen LogP contribution in [-0.2, 0) is 0 Å². The Bertz CT molecular complexity index is 535. The van der Waals surface area contributed by atoms with Crippen LogP contribution in [0.2, 0.25) is 0 Å². The average molecular weight is 228 g/mol. The van der Waals surface area contributed by atoms with Gasteiger partial charge in [-0.2, -0.15) is 0 Å². The predicted molar refractivity (Wildman–Crippen MR) is 68.2 cm³/mol. The van der Waals surface area contributed by atoms with Crippen LogP contribution in [0.25, 0.3) is 11.3 Å². The van der Waals surface area contributed by atoms with Crippen molar-refractivity contribution in [3.63, 3.8) is 0 Å². The largest absolute Gasteiger partial charge is 0.453 e. The van der Waals surface area contributed by atoms with Gasteiger partial charge in [-0.05, 0) is 29.7 Å². The summed E-state index contributed by atoms with van der Waals surface area (Å²) in [4.78, 5) is 11.2. The molecule has 1 aromatic heterocycles. The lowest BCUT2D eigenvalue weighted by molar-refractivity contribution is 0.0988. The van der Waals surface area contributed by atoms with Crippen molar-refractivity contribution >= 4 is 5.78 Å². The summed E-state index contributed by atoms with van der Waals surface area (Å²) in [6.45, 7) is 5.82. The van der Waals surface area contributed by atoms with Gasteiger partial charge >= 0.3 is 0 Å². The lowest BCUT2D eigenvalue weighted by Crippen LogP contribution is -1.88. The van der Waals surface area contributed by atoms with Crippen LogP contribution in [0.1, 0.15) is 42.8 Å². The van der Waals surface area contributed by atoms with E-state index in [4.69, 9.17) is 4.42 Å².